The topological polar surface area (TPSA) is 158 Å². The van der Waals surface area contributed by atoms with Crippen molar-refractivity contribution in [2.24, 2.45) is 200 Å². The summed E-state index contributed by atoms with van der Waals surface area (Å²) in [6.45, 7) is 43.9. The van der Waals surface area contributed by atoms with Crippen LogP contribution in [0.15, 0.2) is 0 Å². The van der Waals surface area contributed by atoms with Gasteiger partial charge in [0.2, 0.25) is 0 Å². The van der Waals surface area contributed by atoms with Crippen molar-refractivity contribution in [3.05, 3.63) is 0 Å². The molecule has 0 spiro atoms. The van der Waals surface area contributed by atoms with Crippen LogP contribution in [0.1, 0.15) is 474 Å². The predicted octanol–water partition coefficient (Wildman–Crippen LogP) is 31.8. The van der Waals surface area contributed by atoms with E-state index in [0.29, 0.717) is 35.5 Å². The molecule has 129 heavy (non-hydrogen) atoms. The van der Waals surface area contributed by atoms with Crippen molar-refractivity contribution in [2.75, 3.05) is 0 Å². The molecule has 0 aliphatic heterocycles. The standard InChI is InChI=1S/C20H32O2.2C19H30O2.C18H28O2.C17H30O2.C16H28O2.8CH4/c1-5-19(3,4)18(21)22-20(6-2)11-14-10-15(20)17-13-8-7-12(9-13)16(14)17;1-5-18(2,3)17(20)21-19(4)10-13-9-14(19)16-12-7-6-11(8-12)15(13)16;1-4-11(3)18(20)21-19(5-2)10-14-9-15(19)17-13-7-6-12(8-13)16(14)17;1-4-10(2)17(19)20-18(3)9-13-8-14(18)16-12-6-5-11(7-12)15(13)16;1-5-16(2,3)15(18)19-17(4)12-8-10-13-9-6-7-11-14(13)17;1-4-12(2)15(17)18-16(3)11-7-9-13-8-5-6-10-14(13)16;;;;;;;;/h12-17H,5-11H2,1-4H3;11-16H,5-10H2,1-4H3;11-17H,4-10H2,1-3H3;10-16H,4-9H2,1-3H3;13-14H,5-12H2,1-4H3;12-14H,4-11H2,1-3H3;8*1H4. The fourth-order valence-corrected chi connectivity index (χ4v) is 34.2. The van der Waals surface area contributed by atoms with Crippen LogP contribution in [-0.2, 0) is 57.2 Å². The Bertz CT molecular complexity index is 3650. The first kappa shape index (κ1) is 113. The minimum atomic E-state index is -0.343. The maximum atomic E-state index is 12.7. The second kappa shape index (κ2) is 43.5. The number of esters is 6. The summed E-state index contributed by atoms with van der Waals surface area (Å²) in [5.74, 6) is 24.7. The molecule has 750 valence electrons. The number of carbonyl (C=O) groups excluding carboxylic acids is 6. The van der Waals surface area contributed by atoms with Crippen LogP contribution in [0.3, 0.4) is 0 Å². The molecule has 0 aromatic rings. The third kappa shape index (κ3) is 20.7. The van der Waals surface area contributed by atoms with E-state index in [0.717, 1.165) is 214 Å². The Morgan fingerprint density at radius 2 is 0.512 bits per heavy atom. The Morgan fingerprint density at radius 1 is 0.264 bits per heavy atom. The van der Waals surface area contributed by atoms with E-state index < -0.39 is 0 Å². The largest absolute Gasteiger partial charge is 0.459 e. The van der Waals surface area contributed by atoms with Gasteiger partial charge in [-0.25, -0.2) is 0 Å². The number of hydrogen-bond donors (Lipinski definition) is 0. The van der Waals surface area contributed by atoms with Gasteiger partial charge in [0.15, 0.2) is 0 Å². The van der Waals surface area contributed by atoms with Gasteiger partial charge in [-0.2, -0.15) is 0 Å². The lowest BCUT2D eigenvalue weighted by Gasteiger charge is -2.48. The van der Waals surface area contributed by atoms with Crippen LogP contribution in [0.4, 0.5) is 0 Å². The Hall–Kier alpha value is -3.18. The lowest BCUT2D eigenvalue weighted by Crippen LogP contribution is -2.49. The maximum absolute atomic E-state index is 12.7. The van der Waals surface area contributed by atoms with Crippen LogP contribution in [0.5, 0.6) is 0 Å². The van der Waals surface area contributed by atoms with Crippen molar-refractivity contribution in [3.8, 4) is 0 Å². The molecule has 20 aliphatic carbocycles. The highest BCUT2D eigenvalue weighted by Crippen LogP contribution is 2.75. The van der Waals surface area contributed by atoms with Crippen LogP contribution in [-0.4, -0.2) is 69.4 Å². The van der Waals surface area contributed by atoms with Crippen molar-refractivity contribution >= 4 is 35.8 Å². The lowest BCUT2D eigenvalue weighted by molar-refractivity contribution is -0.185. The van der Waals surface area contributed by atoms with Gasteiger partial charge in [0.1, 0.15) is 33.6 Å². The van der Waals surface area contributed by atoms with E-state index in [4.69, 9.17) is 28.4 Å². The van der Waals surface area contributed by atoms with Crippen LogP contribution in [0.2, 0.25) is 0 Å². The molecule has 0 aromatic heterocycles. The third-order valence-corrected chi connectivity index (χ3v) is 42.3. The highest BCUT2D eigenvalue weighted by atomic mass is 16.6. The lowest BCUT2D eigenvalue weighted by atomic mass is 9.63. The average molecular weight is 1810 g/mol. The second-order valence-electron chi connectivity index (χ2n) is 49.4. The molecule has 12 heteroatoms. The summed E-state index contributed by atoms with van der Waals surface area (Å²) in [6.07, 6.45) is 52.7. The van der Waals surface area contributed by atoms with E-state index in [-0.39, 0.29) is 163 Å². The number of rotatable bonds is 20. The first-order chi connectivity index (χ1) is 57.3. The van der Waals surface area contributed by atoms with Crippen molar-refractivity contribution in [1.29, 1.82) is 0 Å². The van der Waals surface area contributed by atoms with Gasteiger partial charge in [-0.05, 0) is 431 Å². The van der Waals surface area contributed by atoms with Gasteiger partial charge >= 0.3 is 35.8 Å². The van der Waals surface area contributed by atoms with Gasteiger partial charge in [-0.1, -0.05) is 174 Å². The van der Waals surface area contributed by atoms with Gasteiger partial charge in [0, 0.05) is 35.5 Å². The summed E-state index contributed by atoms with van der Waals surface area (Å²) in [5.41, 5.74) is -1.92. The summed E-state index contributed by atoms with van der Waals surface area (Å²) in [6, 6.07) is 0. The van der Waals surface area contributed by atoms with Gasteiger partial charge in [-0.3, -0.25) is 28.8 Å². The summed E-state index contributed by atoms with van der Waals surface area (Å²) in [7, 11) is 0. The zero-order valence-electron chi connectivity index (χ0n) is 81.0. The molecular formula is C117H210O12. The van der Waals surface area contributed by atoms with Crippen LogP contribution in [0.25, 0.3) is 0 Å². The number of hydrogen-bond acceptors (Lipinski definition) is 12. The first-order valence-corrected chi connectivity index (χ1v) is 52.7. The van der Waals surface area contributed by atoms with Crippen LogP contribution in [0, 0.1) is 200 Å². The number of ether oxygens (including phenoxy) is 6. The monoisotopic (exact) mass is 1810 g/mol. The maximum Gasteiger partial charge on any atom is 0.312 e. The minimum Gasteiger partial charge on any atom is -0.459 e. The van der Waals surface area contributed by atoms with Gasteiger partial charge in [0.05, 0.1) is 34.0 Å². The van der Waals surface area contributed by atoms with Gasteiger partial charge < -0.3 is 28.4 Å². The minimum absolute atomic E-state index is 0. The van der Waals surface area contributed by atoms with Gasteiger partial charge in [0.25, 0.3) is 0 Å². The van der Waals surface area contributed by atoms with Crippen molar-refractivity contribution in [2.45, 2.75) is 508 Å². The molecule has 37 unspecified atom stereocenters. The molecule has 0 heterocycles. The molecule has 20 saturated carbocycles. The Kier molecular flexibility index (Phi) is 38.0. The molecule has 0 amide bonds. The molecule has 0 radical (unpaired) electrons. The van der Waals surface area contributed by atoms with Gasteiger partial charge in [-0.15, -0.1) is 0 Å². The quantitative estimate of drug-likeness (QED) is 0.0646. The Balaban J connectivity index is 0.000000210. The van der Waals surface area contributed by atoms with Crippen molar-refractivity contribution in [3.63, 3.8) is 0 Å². The fraction of sp³-hybridized carbons (Fsp3) is 0.949. The molecule has 0 N–H and O–H groups in total. The van der Waals surface area contributed by atoms with E-state index >= 15 is 0 Å². The normalized spacial score (nSPS) is 43.6. The van der Waals surface area contributed by atoms with E-state index in [9.17, 15) is 28.8 Å². The molecule has 12 nitrogen and oxygen atoms in total. The number of carbonyl (C=O) groups is 6. The molecular weight excluding hydrogens is 1600 g/mol. The highest BCUT2D eigenvalue weighted by molar-refractivity contribution is 5.78. The van der Waals surface area contributed by atoms with Crippen LogP contribution >= 0.6 is 0 Å². The molecule has 0 saturated heterocycles. The zero-order valence-corrected chi connectivity index (χ0v) is 81.0. The van der Waals surface area contributed by atoms with Crippen LogP contribution < -0.4 is 0 Å². The SMILES string of the molecule is C.C.C.C.C.C.C.C.CCC(C)(C)C(=O)OC1(C)CC2CC1C1C3CCC(C3)C21.CCC(C)(C)C(=O)OC1(C)CCCC2CCCCC21.CCC(C)(C)C(=O)OC1(CC)CC2CC1C1C3CCC(C3)C21.CCC(C)C(=O)OC1(C)CC2CC1C1C3CCC(C3)C21.CCC(C)C(=O)OC1(C)CCCC2CCCCC21.CCC(C)C(=O)OC1(CC)CC2CC1C1C3CCC(C3)C21. The molecule has 20 rings (SSSR count). The number of fused-ring (bicyclic) bond motifs is 38. The molecule has 0 aromatic carbocycles. The molecule has 20 fully saturated rings. The molecule has 37 atom stereocenters. The fourth-order valence-electron chi connectivity index (χ4n) is 34.2. The summed E-state index contributed by atoms with van der Waals surface area (Å²) in [5, 5.41) is 0. The zero-order chi connectivity index (χ0) is 86.8. The average Bonchev–Trinajstić information content (AvgIpc) is 1.58. The predicted molar refractivity (Wildman–Crippen MR) is 535 cm³/mol. The van der Waals surface area contributed by atoms with Crippen molar-refractivity contribution in [1.82, 2.24) is 0 Å². The Morgan fingerprint density at radius 3 is 0.837 bits per heavy atom. The molecule has 16 bridgehead atoms. The summed E-state index contributed by atoms with van der Waals surface area (Å²) in [4.78, 5) is 74.4. The summed E-state index contributed by atoms with van der Waals surface area (Å²) < 4.78 is 36.8. The van der Waals surface area contributed by atoms with Crippen molar-refractivity contribution < 1.29 is 57.2 Å². The van der Waals surface area contributed by atoms with E-state index in [2.05, 4.69) is 83.1 Å². The first-order valence-electron chi connectivity index (χ1n) is 52.7. The third-order valence-electron chi connectivity index (χ3n) is 42.3. The van der Waals surface area contributed by atoms with E-state index in [1.54, 1.807) is 0 Å². The smallest absolute Gasteiger partial charge is 0.312 e. The van der Waals surface area contributed by atoms with E-state index in [1.807, 2.05) is 62.3 Å². The second-order valence-corrected chi connectivity index (χ2v) is 49.4. The molecule has 20 aliphatic rings. The Labute approximate surface area is 796 Å². The van der Waals surface area contributed by atoms with E-state index in [1.165, 1.54) is 186 Å². The highest BCUT2D eigenvalue weighted by Gasteiger charge is 2.72. The summed E-state index contributed by atoms with van der Waals surface area (Å²) >= 11 is 0.